The van der Waals surface area contributed by atoms with Crippen molar-refractivity contribution in [3.8, 4) is 11.5 Å². The zero-order valence-corrected chi connectivity index (χ0v) is 14.6. The summed E-state index contributed by atoms with van der Waals surface area (Å²) in [5, 5.41) is 4.26. The Morgan fingerprint density at radius 3 is 3.04 bits per heavy atom. The Labute approximate surface area is 147 Å². The molecule has 2 aliphatic rings. The van der Waals surface area contributed by atoms with Crippen LogP contribution in [0.4, 0.5) is 0 Å². The van der Waals surface area contributed by atoms with E-state index in [0.29, 0.717) is 13.0 Å². The Balaban J connectivity index is 1.53. The van der Waals surface area contributed by atoms with Gasteiger partial charge in [0.1, 0.15) is 6.61 Å². The van der Waals surface area contributed by atoms with Gasteiger partial charge in [-0.2, -0.15) is 5.10 Å². The normalized spacial score (nSPS) is 22.4. The molecule has 132 valence electrons. The molecule has 1 aromatic carbocycles. The predicted molar refractivity (Wildman–Crippen MR) is 92.6 cm³/mol. The topological polar surface area (TPSA) is 56.6 Å². The van der Waals surface area contributed by atoms with Gasteiger partial charge >= 0.3 is 0 Å². The first-order valence-electron chi connectivity index (χ1n) is 8.75. The summed E-state index contributed by atoms with van der Waals surface area (Å²) in [5.41, 5.74) is 2.16. The van der Waals surface area contributed by atoms with Crippen LogP contribution in [0.2, 0.25) is 0 Å². The van der Waals surface area contributed by atoms with Crippen molar-refractivity contribution < 1.29 is 14.3 Å². The molecule has 2 atom stereocenters. The summed E-state index contributed by atoms with van der Waals surface area (Å²) in [6.07, 6.45) is 6.60. The number of amides is 1. The van der Waals surface area contributed by atoms with E-state index in [2.05, 4.69) is 5.10 Å². The van der Waals surface area contributed by atoms with E-state index >= 15 is 0 Å². The molecular weight excluding hydrogens is 318 g/mol. The lowest BCUT2D eigenvalue weighted by molar-refractivity contribution is -0.137. The van der Waals surface area contributed by atoms with Crippen LogP contribution < -0.4 is 9.47 Å². The Morgan fingerprint density at radius 1 is 1.40 bits per heavy atom. The molecule has 2 aliphatic heterocycles. The second kappa shape index (κ2) is 6.43. The van der Waals surface area contributed by atoms with Gasteiger partial charge in [0.05, 0.1) is 25.3 Å². The Bertz CT molecular complexity index is 786. The lowest BCUT2D eigenvalue weighted by Crippen LogP contribution is -2.40. The van der Waals surface area contributed by atoms with Gasteiger partial charge in [0.2, 0.25) is 5.91 Å². The molecular formula is C19H23N3O3. The Hall–Kier alpha value is -2.50. The van der Waals surface area contributed by atoms with Crippen molar-refractivity contribution in [2.75, 3.05) is 20.3 Å². The molecule has 6 nitrogen and oxygen atoms in total. The van der Waals surface area contributed by atoms with E-state index in [4.69, 9.17) is 9.47 Å². The van der Waals surface area contributed by atoms with Crippen LogP contribution >= 0.6 is 0 Å². The van der Waals surface area contributed by atoms with Crippen molar-refractivity contribution in [2.45, 2.75) is 25.3 Å². The van der Waals surface area contributed by atoms with E-state index in [-0.39, 0.29) is 17.9 Å². The highest BCUT2D eigenvalue weighted by molar-refractivity contribution is 5.80. The van der Waals surface area contributed by atoms with E-state index in [1.165, 1.54) is 0 Å². The monoisotopic (exact) mass is 341 g/mol. The number of carbonyl (C=O) groups excluding carboxylic acids is 1. The number of methoxy groups -OCH3 is 1. The molecule has 2 aromatic rings. The maximum atomic E-state index is 13.1. The number of fused-ring (bicyclic) bond motifs is 1. The van der Waals surface area contributed by atoms with Crippen molar-refractivity contribution in [1.29, 1.82) is 0 Å². The standard InChI is InChI=1S/C19H23N3O3/c1-21-11-15(10-20-21)16-6-4-8-22(16)19(23)14-9-13-5-3-7-17(24-2)18(13)25-12-14/h3,5,7,10-11,14,16H,4,6,8-9,12H2,1-2H3/t14-,16-/m0/s1. The van der Waals surface area contributed by atoms with Gasteiger partial charge in [-0.25, -0.2) is 0 Å². The lowest BCUT2D eigenvalue weighted by Gasteiger charge is -2.31. The molecule has 0 radical (unpaired) electrons. The fraction of sp³-hybridized carbons (Fsp3) is 0.474. The van der Waals surface area contributed by atoms with E-state index in [1.807, 2.05) is 42.5 Å². The van der Waals surface area contributed by atoms with Gasteiger partial charge in [-0.15, -0.1) is 0 Å². The van der Waals surface area contributed by atoms with Crippen LogP contribution in [0.25, 0.3) is 0 Å². The van der Waals surface area contributed by atoms with Gasteiger partial charge in [-0.1, -0.05) is 12.1 Å². The first-order chi connectivity index (χ1) is 12.2. The second-order valence-corrected chi connectivity index (χ2v) is 6.80. The molecule has 1 amide bonds. The van der Waals surface area contributed by atoms with Gasteiger partial charge < -0.3 is 14.4 Å². The summed E-state index contributed by atoms with van der Waals surface area (Å²) in [6.45, 7) is 1.21. The maximum absolute atomic E-state index is 13.1. The second-order valence-electron chi connectivity index (χ2n) is 6.80. The summed E-state index contributed by atoms with van der Waals surface area (Å²) < 4.78 is 13.0. The Morgan fingerprint density at radius 2 is 2.28 bits per heavy atom. The van der Waals surface area contributed by atoms with Crippen molar-refractivity contribution in [1.82, 2.24) is 14.7 Å². The highest BCUT2D eigenvalue weighted by atomic mass is 16.5. The molecule has 0 spiro atoms. The number of likely N-dealkylation sites (tertiary alicyclic amines) is 1. The van der Waals surface area contributed by atoms with Crippen LogP contribution in [0, 0.1) is 5.92 Å². The summed E-state index contributed by atoms with van der Waals surface area (Å²) in [7, 11) is 3.54. The Kier molecular flexibility index (Phi) is 4.11. The minimum atomic E-state index is -0.142. The van der Waals surface area contributed by atoms with Crippen molar-refractivity contribution in [2.24, 2.45) is 13.0 Å². The number of ether oxygens (including phenoxy) is 2. The smallest absolute Gasteiger partial charge is 0.229 e. The average molecular weight is 341 g/mol. The van der Waals surface area contributed by atoms with Gasteiger partial charge in [-0.05, 0) is 30.9 Å². The number of nitrogens with zero attached hydrogens (tertiary/aromatic N) is 3. The minimum absolute atomic E-state index is 0.132. The van der Waals surface area contributed by atoms with Gasteiger partial charge in [-0.3, -0.25) is 9.48 Å². The maximum Gasteiger partial charge on any atom is 0.229 e. The highest BCUT2D eigenvalue weighted by Crippen LogP contribution is 2.38. The third kappa shape index (κ3) is 2.86. The number of hydrogen-bond acceptors (Lipinski definition) is 4. The first-order valence-corrected chi connectivity index (χ1v) is 8.75. The number of benzene rings is 1. The molecule has 25 heavy (non-hydrogen) atoms. The molecule has 0 bridgehead atoms. The molecule has 0 N–H and O–H groups in total. The largest absolute Gasteiger partial charge is 0.493 e. The summed E-state index contributed by atoms with van der Waals surface area (Å²) in [4.78, 5) is 15.2. The van der Waals surface area contributed by atoms with Gasteiger partial charge in [0.25, 0.3) is 0 Å². The van der Waals surface area contributed by atoms with E-state index in [0.717, 1.165) is 42.0 Å². The minimum Gasteiger partial charge on any atom is -0.493 e. The summed E-state index contributed by atoms with van der Waals surface area (Å²) in [6, 6.07) is 5.98. The highest BCUT2D eigenvalue weighted by Gasteiger charge is 2.37. The number of hydrogen-bond donors (Lipinski definition) is 0. The number of rotatable bonds is 3. The zero-order chi connectivity index (χ0) is 17.4. The van der Waals surface area contributed by atoms with Crippen LogP contribution in [0.3, 0.4) is 0 Å². The molecule has 4 rings (SSSR count). The number of para-hydroxylation sites is 1. The molecule has 3 heterocycles. The predicted octanol–water partition coefficient (Wildman–Crippen LogP) is 2.34. The molecule has 1 fully saturated rings. The third-order valence-electron chi connectivity index (χ3n) is 5.17. The summed E-state index contributed by atoms with van der Waals surface area (Å²) >= 11 is 0. The average Bonchev–Trinajstić information content (AvgIpc) is 3.28. The SMILES string of the molecule is COc1cccc2c1OC[C@@H](C(=O)N1CCC[C@H]1c1cnn(C)c1)C2. The molecule has 1 saturated heterocycles. The van der Waals surface area contributed by atoms with Crippen LogP contribution in [0.15, 0.2) is 30.6 Å². The molecule has 0 saturated carbocycles. The number of aryl methyl sites for hydroxylation is 1. The first kappa shape index (κ1) is 16.0. The van der Waals surface area contributed by atoms with Crippen molar-refractivity contribution in [3.05, 3.63) is 41.7 Å². The number of carbonyl (C=O) groups is 1. The van der Waals surface area contributed by atoms with Crippen LogP contribution in [0.5, 0.6) is 11.5 Å². The zero-order valence-electron chi connectivity index (χ0n) is 14.6. The molecule has 1 aromatic heterocycles. The van der Waals surface area contributed by atoms with E-state index in [9.17, 15) is 4.79 Å². The van der Waals surface area contributed by atoms with Crippen LogP contribution in [-0.4, -0.2) is 40.8 Å². The van der Waals surface area contributed by atoms with Gasteiger partial charge in [0.15, 0.2) is 11.5 Å². The van der Waals surface area contributed by atoms with Crippen LogP contribution in [0.1, 0.15) is 30.0 Å². The third-order valence-corrected chi connectivity index (χ3v) is 5.17. The van der Waals surface area contributed by atoms with E-state index in [1.54, 1.807) is 11.8 Å². The van der Waals surface area contributed by atoms with Crippen molar-refractivity contribution >= 4 is 5.91 Å². The molecule has 0 unspecified atom stereocenters. The number of aromatic nitrogens is 2. The fourth-order valence-electron chi connectivity index (χ4n) is 3.94. The van der Waals surface area contributed by atoms with Crippen molar-refractivity contribution in [3.63, 3.8) is 0 Å². The quantitative estimate of drug-likeness (QED) is 0.860. The van der Waals surface area contributed by atoms with E-state index < -0.39 is 0 Å². The fourth-order valence-corrected chi connectivity index (χ4v) is 3.94. The summed E-state index contributed by atoms with van der Waals surface area (Å²) in [5.74, 6) is 1.55. The van der Waals surface area contributed by atoms with Crippen LogP contribution in [-0.2, 0) is 18.3 Å². The van der Waals surface area contributed by atoms with Gasteiger partial charge in [0, 0.05) is 25.4 Å². The lowest BCUT2D eigenvalue weighted by atomic mass is 9.94. The molecule has 6 heteroatoms. The molecule has 0 aliphatic carbocycles.